The second kappa shape index (κ2) is 7.43. The van der Waals surface area contributed by atoms with Gasteiger partial charge in [-0.3, -0.25) is 19.2 Å². The second-order valence-corrected chi connectivity index (χ2v) is 11.6. The zero-order valence-corrected chi connectivity index (χ0v) is 22.1. The standard InChI is InChI=1S/C26H27NO10S/c1-13(28)33-9-22-18-23(10-34-14(2)29)19(22)25(12-36-16(4)31)20(22)24(18,11-35-15(3)30)26(23,25)21(32)37-27-8-6-5-7-17(27)38/h5-8,18-20H,9-12H2,1-4H3. The minimum Gasteiger partial charge on any atom is -0.465 e. The van der Waals surface area contributed by atoms with Gasteiger partial charge >= 0.3 is 29.8 Å². The van der Waals surface area contributed by atoms with Crippen molar-refractivity contribution in [2.24, 2.45) is 44.8 Å². The maximum Gasteiger partial charge on any atom is 0.341 e. The number of rotatable bonds is 10. The van der Waals surface area contributed by atoms with Gasteiger partial charge in [0.05, 0.1) is 31.8 Å². The molecule has 0 N–H and O–H groups in total. The highest BCUT2D eigenvalue weighted by Crippen LogP contribution is 3.22. The molecule has 6 aliphatic carbocycles. The Bertz CT molecular complexity index is 1270. The summed E-state index contributed by atoms with van der Waals surface area (Å²) in [6.45, 7) is 5.10. The van der Waals surface area contributed by atoms with Gasteiger partial charge in [0.15, 0.2) is 0 Å². The molecule has 0 radical (unpaired) electrons. The van der Waals surface area contributed by atoms with Gasteiger partial charge in [0, 0.05) is 55.6 Å². The molecule has 0 saturated heterocycles. The average Bonchev–Trinajstić information content (AvgIpc) is 2.83. The summed E-state index contributed by atoms with van der Waals surface area (Å²) in [5.74, 6) is -3.28. The Kier molecular flexibility index (Phi) is 4.89. The second-order valence-electron chi connectivity index (χ2n) is 11.1. The Morgan fingerprint density at radius 3 is 1.55 bits per heavy atom. The van der Waals surface area contributed by atoms with E-state index < -0.39 is 56.9 Å². The molecule has 7 rings (SSSR count). The first kappa shape index (κ1) is 25.0. The molecule has 11 nitrogen and oxygen atoms in total. The Hall–Kier alpha value is -3.28. The lowest BCUT2D eigenvalue weighted by molar-refractivity contribution is -0.769. The number of aromatic nitrogens is 1. The number of carbonyl (C=O) groups excluding carboxylic acids is 5. The van der Waals surface area contributed by atoms with Crippen LogP contribution >= 0.6 is 12.2 Å². The van der Waals surface area contributed by atoms with Gasteiger partial charge in [0.25, 0.3) is 0 Å². The number of esters is 4. The molecule has 38 heavy (non-hydrogen) atoms. The van der Waals surface area contributed by atoms with Gasteiger partial charge in [-0.1, -0.05) is 18.3 Å². The molecule has 202 valence electrons. The van der Waals surface area contributed by atoms with E-state index in [4.69, 9.17) is 36.0 Å². The molecule has 1 aromatic heterocycles. The van der Waals surface area contributed by atoms with E-state index in [2.05, 4.69) is 0 Å². The van der Waals surface area contributed by atoms with Gasteiger partial charge < -0.3 is 23.8 Å². The van der Waals surface area contributed by atoms with Crippen molar-refractivity contribution in [3.63, 3.8) is 0 Å². The zero-order chi connectivity index (χ0) is 27.5. The first-order valence-corrected chi connectivity index (χ1v) is 12.8. The molecule has 0 aromatic carbocycles. The smallest absolute Gasteiger partial charge is 0.341 e. The van der Waals surface area contributed by atoms with E-state index in [-0.39, 0.29) is 48.8 Å². The minimum absolute atomic E-state index is 0.0643. The topological polar surface area (TPSA) is 136 Å². The maximum absolute atomic E-state index is 14.3. The largest absolute Gasteiger partial charge is 0.465 e. The molecule has 0 aliphatic heterocycles. The molecule has 0 atom stereocenters. The predicted molar refractivity (Wildman–Crippen MR) is 126 cm³/mol. The molecular weight excluding hydrogens is 518 g/mol. The van der Waals surface area contributed by atoms with Gasteiger partial charge in [-0.15, -0.1) is 0 Å². The summed E-state index contributed by atoms with van der Waals surface area (Å²) in [5, 5.41) is 0. The normalized spacial score (nSPS) is 40.9. The summed E-state index contributed by atoms with van der Waals surface area (Å²) >= 11 is 5.32. The third-order valence-corrected chi connectivity index (χ3v) is 10.5. The Morgan fingerprint density at radius 1 is 0.737 bits per heavy atom. The lowest BCUT2D eigenvalue weighted by Gasteiger charge is -3.20. The van der Waals surface area contributed by atoms with Crippen molar-refractivity contribution in [3.8, 4) is 0 Å². The lowest BCUT2D eigenvalue weighted by atomic mass is 8.80. The summed E-state index contributed by atoms with van der Waals surface area (Å²) in [5.41, 5.74) is -4.29. The van der Waals surface area contributed by atoms with E-state index >= 15 is 0 Å². The summed E-state index contributed by atoms with van der Waals surface area (Å²) < 4.78 is 23.5. The van der Waals surface area contributed by atoms with Crippen LogP contribution in [0.25, 0.3) is 0 Å². The van der Waals surface area contributed by atoms with Crippen molar-refractivity contribution in [1.29, 1.82) is 0 Å². The molecule has 0 bridgehead atoms. The molecule has 1 heterocycles. The van der Waals surface area contributed by atoms with Crippen molar-refractivity contribution in [2.45, 2.75) is 27.7 Å². The molecule has 0 spiro atoms. The fourth-order valence-corrected chi connectivity index (χ4v) is 10.7. The average molecular weight is 546 g/mol. The lowest BCUT2D eigenvalue weighted by Crippen LogP contribution is -3.25. The number of ether oxygens (including phenoxy) is 4. The highest BCUT2D eigenvalue weighted by atomic mass is 32.1. The molecule has 0 unspecified atom stereocenters. The molecule has 0 amide bonds. The number of nitrogens with zero attached hydrogens (tertiary/aromatic N) is 1. The van der Waals surface area contributed by atoms with E-state index in [9.17, 15) is 24.0 Å². The Balaban J connectivity index is 1.47. The predicted octanol–water partition coefficient (Wildman–Crippen LogP) is 1.27. The van der Waals surface area contributed by atoms with E-state index in [0.29, 0.717) is 0 Å². The third kappa shape index (κ3) is 2.19. The van der Waals surface area contributed by atoms with E-state index in [1.54, 1.807) is 18.2 Å². The van der Waals surface area contributed by atoms with E-state index in [0.717, 1.165) is 0 Å². The van der Waals surface area contributed by atoms with Crippen molar-refractivity contribution in [3.05, 3.63) is 29.0 Å². The monoisotopic (exact) mass is 545 g/mol. The summed E-state index contributed by atoms with van der Waals surface area (Å²) in [6, 6.07) is 4.98. The van der Waals surface area contributed by atoms with Crippen molar-refractivity contribution in [2.75, 3.05) is 26.4 Å². The van der Waals surface area contributed by atoms with E-state index in [1.165, 1.54) is 38.6 Å². The molecule has 12 heteroatoms. The molecule has 6 aliphatic rings. The summed E-state index contributed by atoms with van der Waals surface area (Å²) in [7, 11) is 0. The first-order chi connectivity index (χ1) is 17.9. The molecular formula is C26H27NO10S. The van der Waals surface area contributed by atoms with Crippen LogP contribution in [0.3, 0.4) is 0 Å². The van der Waals surface area contributed by atoms with Gasteiger partial charge in [0.1, 0.15) is 4.64 Å². The Labute approximate surface area is 222 Å². The number of hydrogen-bond acceptors (Lipinski definition) is 11. The van der Waals surface area contributed by atoms with Crippen LogP contribution in [0.15, 0.2) is 24.4 Å². The van der Waals surface area contributed by atoms with Crippen LogP contribution in [0.2, 0.25) is 0 Å². The quantitative estimate of drug-likeness (QED) is 0.239. The minimum atomic E-state index is -1.27. The van der Waals surface area contributed by atoms with Gasteiger partial charge in [0.2, 0.25) is 0 Å². The number of hydrogen-bond donors (Lipinski definition) is 0. The van der Waals surface area contributed by atoms with Gasteiger partial charge in [-0.25, -0.2) is 4.79 Å². The van der Waals surface area contributed by atoms with Crippen LogP contribution in [0.1, 0.15) is 27.7 Å². The fourth-order valence-electron chi connectivity index (χ4n) is 10.5. The highest BCUT2D eigenvalue weighted by molar-refractivity contribution is 7.71. The highest BCUT2D eigenvalue weighted by Gasteiger charge is 3.27. The van der Waals surface area contributed by atoms with Crippen LogP contribution in [0.4, 0.5) is 0 Å². The van der Waals surface area contributed by atoms with Crippen LogP contribution in [-0.4, -0.2) is 61.0 Å². The van der Waals surface area contributed by atoms with Crippen molar-refractivity contribution < 1.29 is 47.8 Å². The summed E-state index contributed by atoms with van der Waals surface area (Å²) in [4.78, 5) is 67.6. The maximum atomic E-state index is 14.3. The Morgan fingerprint density at radius 2 is 1.16 bits per heavy atom. The third-order valence-electron chi connectivity index (χ3n) is 10.1. The van der Waals surface area contributed by atoms with Crippen molar-refractivity contribution in [1.82, 2.24) is 4.73 Å². The van der Waals surface area contributed by atoms with Gasteiger partial charge in [-0.05, 0) is 29.9 Å². The molecule has 6 saturated carbocycles. The SMILES string of the molecule is CC(=O)OCC12C3C4(COC(C)=O)C1C1(COC(C)=O)C2C3(COC(C)=O)C41C(=O)On1ccccc1=S. The fraction of sp³-hybridized carbons (Fsp3) is 0.615. The zero-order valence-electron chi connectivity index (χ0n) is 21.3. The van der Waals surface area contributed by atoms with Gasteiger partial charge in [-0.2, -0.15) is 4.73 Å². The summed E-state index contributed by atoms with van der Waals surface area (Å²) in [6.07, 6.45) is 1.51. The van der Waals surface area contributed by atoms with Crippen LogP contribution < -0.4 is 4.84 Å². The van der Waals surface area contributed by atoms with Crippen LogP contribution in [-0.2, 0) is 42.9 Å². The van der Waals surface area contributed by atoms with Crippen molar-refractivity contribution >= 4 is 42.1 Å². The van der Waals surface area contributed by atoms with E-state index in [1.807, 2.05) is 0 Å². The van der Waals surface area contributed by atoms with Crippen LogP contribution in [0, 0.1) is 49.5 Å². The molecule has 1 aromatic rings. The number of pyridine rings is 1. The number of carbonyl (C=O) groups is 5. The first-order valence-electron chi connectivity index (χ1n) is 12.4. The van der Waals surface area contributed by atoms with Crippen LogP contribution in [0.5, 0.6) is 0 Å². The molecule has 6 fully saturated rings.